The molecule has 5 nitrogen and oxygen atoms in total. The van der Waals surface area contributed by atoms with E-state index in [2.05, 4.69) is 15.3 Å². The fourth-order valence-corrected chi connectivity index (χ4v) is 3.52. The van der Waals surface area contributed by atoms with E-state index < -0.39 is 9.84 Å². The molecule has 1 saturated heterocycles. The monoisotopic (exact) mass is 227 g/mol. The molecule has 1 N–H and O–H groups in total. The van der Waals surface area contributed by atoms with Crippen molar-refractivity contribution in [3.63, 3.8) is 0 Å². The summed E-state index contributed by atoms with van der Waals surface area (Å²) in [6, 6.07) is 1.74. The lowest BCUT2D eigenvalue weighted by molar-refractivity contribution is 0.595. The molecule has 0 radical (unpaired) electrons. The highest BCUT2D eigenvalue weighted by Gasteiger charge is 2.27. The second kappa shape index (κ2) is 4.14. The molecule has 1 aliphatic heterocycles. The molecule has 1 aromatic heterocycles. The third kappa shape index (κ3) is 2.89. The Kier molecular flexibility index (Phi) is 2.86. The highest BCUT2D eigenvalue weighted by molar-refractivity contribution is 7.91. The van der Waals surface area contributed by atoms with Crippen LogP contribution in [0.4, 0.5) is 5.95 Å². The summed E-state index contributed by atoms with van der Waals surface area (Å²) in [5.74, 6) is 1.35. The molecule has 0 bridgehead atoms. The highest BCUT2D eigenvalue weighted by atomic mass is 32.2. The van der Waals surface area contributed by atoms with Gasteiger partial charge in [0.2, 0.25) is 5.95 Å². The Morgan fingerprint density at radius 2 is 2.13 bits per heavy atom. The Morgan fingerprint density at radius 1 is 1.40 bits per heavy atom. The van der Waals surface area contributed by atoms with Crippen molar-refractivity contribution in [2.45, 2.75) is 6.42 Å². The van der Waals surface area contributed by atoms with Gasteiger partial charge in [-0.1, -0.05) is 0 Å². The van der Waals surface area contributed by atoms with Crippen LogP contribution in [0.2, 0.25) is 0 Å². The topological polar surface area (TPSA) is 72.0 Å². The van der Waals surface area contributed by atoms with Gasteiger partial charge in [0.15, 0.2) is 9.84 Å². The molecule has 1 unspecified atom stereocenters. The number of nitrogens with zero attached hydrogens (tertiary/aromatic N) is 2. The molecule has 0 aliphatic carbocycles. The fraction of sp³-hybridized carbons (Fsp3) is 0.556. The van der Waals surface area contributed by atoms with Crippen molar-refractivity contribution in [1.29, 1.82) is 0 Å². The molecule has 2 heterocycles. The van der Waals surface area contributed by atoms with E-state index in [9.17, 15) is 8.42 Å². The molecule has 1 atom stereocenters. The van der Waals surface area contributed by atoms with Gasteiger partial charge in [0.25, 0.3) is 0 Å². The van der Waals surface area contributed by atoms with Crippen LogP contribution in [0.25, 0.3) is 0 Å². The molecule has 1 aliphatic rings. The van der Waals surface area contributed by atoms with Crippen LogP contribution in [0.15, 0.2) is 18.5 Å². The van der Waals surface area contributed by atoms with Gasteiger partial charge in [0.05, 0.1) is 11.5 Å². The van der Waals surface area contributed by atoms with Crippen LogP contribution in [0.1, 0.15) is 6.42 Å². The van der Waals surface area contributed by atoms with E-state index in [0.29, 0.717) is 18.2 Å². The minimum atomic E-state index is -2.78. The van der Waals surface area contributed by atoms with E-state index in [1.54, 1.807) is 18.5 Å². The molecule has 15 heavy (non-hydrogen) atoms. The molecule has 82 valence electrons. The highest BCUT2D eigenvalue weighted by Crippen LogP contribution is 2.18. The standard InChI is InChI=1S/C9H13N3O2S/c13-15(14)5-2-8(7-15)6-12-9-10-3-1-4-11-9/h1,3-4,8H,2,5-7H2,(H,10,11,12). The van der Waals surface area contributed by atoms with Crippen LogP contribution in [0, 0.1) is 5.92 Å². The third-order valence-electron chi connectivity index (χ3n) is 2.44. The summed E-state index contributed by atoms with van der Waals surface area (Å²) in [7, 11) is -2.78. The summed E-state index contributed by atoms with van der Waals surface area (Å²) < 4.78 is 22.4. The molecule has 0 aromatic carbocycles. The summed E-state index contributed by atoms with van der Waals surface area (Å²) in [5, 5.41) is 3.04. The Morgan fingerprint density at radius 3 is 2.73 bits per heavy atom. The van der Waals surface area contributed by atoms with E-state index in [0.717, 1.165) is 6.42 Å². The van der Waals surface area contributed by atoms with E-state index in [4.69, 9.17) is 0 Å². The summed E-state index contributed by atoms with van der Waals surface area (Å²) in [4.78, 5) is 8.01. The first-order valence-electron chi connectivity index (χ1n) is 4.87. The van der Waals surface area contributed by atoms with Crippen LogP contribution in [0.5, 0.6) is 0 Å². The van der Waals surface area contributed by atoms with Crippen molar-refractivity contribution in [2.75, 3.05) is 23.4 Å². The lowest BCUT2D eigenvalue weighted by Gasteiger charge is -2.08. The van der Waals surface area contributed by atoms with Crippen molar-refractivity contribution < 1.29 is 8.42 Å². The number of hydrogen-bond acceptors (Lipinski definition) is 5. The van der Waals surface area contributed by atoms with Gasteiger partial charge in [0, 0.05) is 18.9 Å². The van der Waals surface area contributed by atoms with Gasteiger partial charge in [0.1, 0.15) is 0 Å². The number of anilines is 1. The molecule has 1 fully saturated rings. The Balaban J connectivity index is 1.85. The van der Waals surface area contributed by atoms with Gasteiger partial charge in [-0.25, -0.2) is 18.4 Å². The van der Waals surface area contributed by atoms with E-state index >= 15 is 0 Å². The van der Waals surface area contributed by atoms with Gasteiger partial charge >= 0.3 is 0 Å². The zero-order valence-corrected chi connectivity index (χ0v) is 9.07. The molecular weight excluding hydrogens is 214 g/mol. The number of aromatic nitrogens is 2. The van der Waals surface area contributed by atoms with Gasteiger partial charge in [-0.15, -0.1) is 0 Å². The maximum atomic E-state index is 11.2. The maximum Gasteiger partial charge on any atom is 0.222 e. The quantitative estimate of drug-likeness (QED) is 0.805. The summed E-state index contributed by atoms with van der Waals surface area (Å²) >= 11 is 0. The first-order valence-corrected chi connectivity index (χ1v) is 6.69. The SMILES string of the molecule is O=S1(=O)CCC(CNc2ncccn2)C1. The van der Waals surface area contributed by atoms with Crippen molar-refractivity contribution in [3.8, 4) is 0 Å². The van der Waals surface area contributed by atoms with Crippen LogP contribution in [-0.2, 0) is 9.84 Å². The van der Waals surface area contributed by atoms with Gasteiger partial charge in [-0.2, -0.15) is 0 Å². The van der Waals surface area contributed by atoms with Crippen LogP contribution >= 0.6 is 0 Å². The van der Waals surface area contributed by atoms with Gasteiger partial charge in [-0.05, 0) is 18.4 Å². The average molecular weight is 227 g/mol. The average Bonchev–Trinajstić information content (AvgIpc) is 2.57. The predicted octanol–water partition coefficient (Wildman–Crippen LogP) is 0.323. The largest absolute Gasteiger partial charge is 0.354 e. The van der Waals surface area contributed by atoms with Crippen molar-refractivity contribution >= 4 is 15.8 Å². The van der Waals surface area contributed by atoms with Crippen LogP contribution in [0.3, 0.4) is 0 Å². The van der Waals surface area contributed by atoms with Gasteiger partial charge in [-0.3, -0.25) is 0 Å². The molecule has 1 aromatic rings. The normalized spacial score (nSPS) is 23.9. The first-order chi connectivity index (χ1) is 7.16. The molecule has 6 heteroatoms. The summed E-state index contributed by atoms with van der Waals surface area (Å²) in [6.45, 7) is 0.628. The zero-order valence-electron chi connectivity index (χ0n) is 8.26. The van der Waals surface area contributed by atoms with Crippen molar-refractivity contribution in [2.24, 2.45) is 5.92 Å². The zero-order chi connectivity index (χ0) is 10.7. The number of rotatable bonds is 3. The predicted molar refractivity (Wildman–Crippen MR) is 57.3 cm³/mol. The fourth-order valence-electron chi connectivity index (χ4n) is 1.66. The summed E-state index contributed by atoms with van der Waals surface area (Å²) in [6.07, 6.45) is 4.05. The molecule has 0 spiro atoms. The van der Waals surface area contributed by atoms with E-state index in [1.807, 2.05) is 0 Å². The lowest BCUT2D eigenvalue weighted by Crippen LogP contribution is -2.16. The first kappa shape index (κ1) is 10.4. The number of sulfone groups is 1. The summed E-state index contributed by atoms with van der Waals surface area (Å²) in [5.41, 5.74) is 0. The van der Waals surface area contributed by atoms with Crippen molar-refractivity contribution in [1.82, 2.24) is 9.97 Å². The second-order valence-electron chi connectivity index (χ2n) is 3.72. The minimum Gasteiger partial charge on any atom is -0.354 e. The maximum absolute atomic E-state index is 11.2. The molecular formula is C9H13N3O2S. The Hall–Kier alpha value is -1.17. The van der Waals surface area contributed by atoms with Gasteiger partial charge < -0.3 is 5.32 Å². The van der Waals surface area contributed by atoms with E-state index in [1.165, 1.54) is 0 Å². The third-order valence-corrected chi connectivity index (χ3v) is 4.28. The lowest BCUT2D eigenvalue weighted by atomic mass is 10.1. The van der Waals surface area contributed by atoms with Crippen LogP contribution < -0.4 is 5.32 Å². The molecule has 0 saturated carbocycles. The minimum absolute atomic E-state index is 0.193. The Bertz CT molecular complexity index is 418. The molecule has 2 rings (SSSR count). The number of hydrogen-bond donors (Lipinski definition) is 1. The second-order valence-corrected chi connectivity index (χ2v) is 5.95. The molecule has 0 amide bonds. The number of nitrogens with one attached hydrogen (secondary N) is 1. The van der Waals surface area contributed by atoms with Crippen molar-refractivity contribution in [3.05, 3.63) is 18.5 Å². The van der Waals surface area contributed by atoms with Crippen LogP contribution in [-0.4, -0.2) is 36.4 Å². The van der Waals surface area contributed by atoms with E-state index in [-0.39, 0.29) is 11.7 Å². The smallest absolute Gasteiger partial charge is 0.222 e. The Labute approximate surface area is 88.9 Å².